The van der Waals surface area contributed by atoms with Crippen molar-refractivity contribution in [2.45, 2.75) is 6.92 Å². The molecule has 0 saturated carbocycles. The van der Waals surface area contributed by atoms with E-state index in [1.807, 2.05) is 6.92 Å². The predicted octanol–water partition coefficient (Wildman–Crippen LogP) is 3.50. The number of hydrogen-bond acceptors (Lipinski definition) is 4. The fraction of sp³-hybridized carbons (Fsp3) is 0.125. The van der Waals surface area contributed by atoms with E-state index in [0.29, 0.717) is 28.1 Å². The SMILES string of the molecule is CCOc1ccc(C(=O)Nc2ccc(C(=O)O)c(O)c2)cc1Br. The second kappa shape index (κ2) is 7.15. The lowest BCUT2D eigenvalue weighted by molar-refractivity contribution is 0.0693. The summed E-state index contributed by atoms with van der Waals surface area (Å²) in [5.74, 6) is -1.41. The van der Waals surface area contributed by atoms with Crippen LogP contribution in [0.4, 0.5) is 5.69 Å². The number of aromatic hydroxyl groups is 1. The van der Waals surface area contributed by atoms with E-state index in [1.165, 1.54) is 18.2 Å². The molecule has 2 aromatic carbocycles. The van der Waals surface area contributed by atoms with Crippen molar-refractivity contribution in [1.29, 1.82) is 0 Å². The monoisotopic (exact) mass is 379 g/mol. The molecule has 0 unspecified atom stereocenters. The first-order valence-electron chi connectivity index (χ1n) is 6.72. The lowest BCUT2D eigenvalue weighted by Crippen LogP contribution is -2.12. The second-order valence-corrected chi connectivity index (χ2v) is 5.42. The Morgan fingerprint density at radius 2 is 1.96 bits per heavy atom. The molecule has 120 valence electrons. The molecule has 0 atom stereocenters. The van der Waals surface area contributed by atoms with Crippen molar-refractivity contribution >= 4 is 33.5 Å². The third-order valence-electron chi connectivity index (χ3n) is 2.98. The highest BCUT2D eigenvalue weighted by atomic mass is 79.9. The summed E-state index contributed by atoms with van der Waals surface area (Å²) in [5.41, 5.74) is 0.455. The number of rotatable bonds is 5. The molecule has 0 aliphatic carbocycles. The normalized spacial score (nSPS) is 10.2. The van der Waals surface area contributed by atoms with Gasteiger partial charge in [0.1, 0.15) is 17.1 Å². The van der Waals surface area contributed by atoms with Gasteiger partial charge in [-0.25, -0.2) is 4.79 Å². The Bertz CT molecular complexity index is 760. The number of nitrogens with one attached hydrogen (secondary N) is 1. The summed E-state index contributed by atoms with van der Waals surface area (Å²) in [6, 6.07) is 8.72. The molecule has 0 saturated heterocycles. The van der Waals surface area contributed by atoms with Gasteiger partial charge in [0.05, 0.1) is 11.1 Å². The van der Waals surface area contributed by atoms with E-state index < -0.39 is 17.6 Å². The number of anilines is 1. The van der Waals surface area contributed by atoms with Crippen molar-refractivity contribution in [2.75, 3.05) is 11.9 Å². The summed E-state index contributed by atoms with van der Waals surface area (Å²) in [6.07, 6.45) is 0. The third-order valence-corrected chi connectivity index (χ3v) is 3.60. The Morgan fingerprint density at radius 3 is 2.52 bits per heavy atom. The first kappa shape index (κ1) is 16.8. The maximum atomic E-state index is 12.2. The number of carbonyl (C=O) groups excluding carboxylic acids is 1. The van der Waals surface area contributed by atoms with E-state index in [4.69, 9.17) is 9.84 Å². The van der Waals surface area contributed by atoms with Gasteiger partial charge in [0.25, 0.3) is 5.91 Å². The van der Waals surface area contributed by atoms with E-state index in [9.17, 15) is 14.7 Å². The van der Waals surface area contributed by atoms with Gasteiger partial charge in [-0.2, -0.15) is 0 Å². The minimum Gasteiger partial charge on any atom is -0.507 e. The van der Waals surface area contributed by atoms with Crippen molar-refractivity contribution in [3.8, 4) is 11.5 Å². The Morgan fingerprint density at radius 1 is 1.22 bits per heavy atom. The van der Waals surface area contributed by atoms with E-state index in [1.54, 1.807) is 18.2 Å². The quantitative estimate of drug-likeness (QED) is 0.738. The standard InChI is InChI=1S/C16H14BrNO5/c1-2-23-14-6-3-9(7-12(14)17)15(20)18-10-4-5-11(16(21)22)13(19)8-10/h3-8,19H,2H2,1H3,(H,18,20)(H,21,22). The molecule has 0 radical (unpaired) electrons. The average Bonchev–Trinajstić information content (AvgIpc) is 2.49. The number of halogens is 1. The number of aromatic carboxylic acids is 1. The lowest BCUT2D eigenvalue weighted by Gasteiger charge is -2.09. The highest BCUT2D eigenvalue weighted by Crippen LogP contribution is 2.27. The van der Waals surface area contributed by atoms with Gasteiger partial charge in [-0.15, -0.1) is 0 Å². The molecule has 0 fully saturated rings. The number of carbonyl (C=O) groups is 2. The molecule has 0 bridgehead atoms. The number of hydrogen-bond donors (Lipinski definition) is 3. The summed E-state index contributed by atoms with van der Waals surface area (Å²) in [5, 5.41) is 21.1. The molecular formula is C16H14BrNO5. The largest absolute Gasteiger partial charge is 0.507 e. The van der Waals surface area contributed by atoms with Crippen LogP contribution < -0.4 is 10.1 Å². The van der Waals surface area contributed by atoms with Crippen molar-refractivity contribution in [1.82, 2.24) is 0 Å². The zero-order chi connectivity index (χ0) is 17.0. The molecule has 23 heavy (non-hydrogen) atoms. The Kier molecular flexibility index (Phi) is 5.23. The van der Waals surface area contributed by atoms with E-state index in [0.717, 1.165) is 0 Å². The summed E-state index contributed by atoms with van der Waals surface area (Å²) < 4.78 is 6.02. The van der Waals surface area contributed by atoms with Crippen molar-refractivity contribution < 1.29 is 24.5 Å². The Balaban J connectivity index is 2.17. The van der Waals surface area contributed by atoms with E-state index in [2.05, 4.69) is 21.2 Å². The fourth-order valence-electron chi connectivity index (χ4n) is 1.91. The number of carboxylic acid groups (broad SMARTS) is 1. The van der Waals surface area contributed by atoms with Gasteiger partial charge in [0.2, 0.25) is 0 Å². The highest BCUT2D eigenvalue weighted by Gasteiger charge is 2.13. The van der Waals surface area contributed by atoms with Gasteiger partial charge in [0.15, 0.2) is 0 Å². The summed E-state index contributed by atoms with van der Waals surface area (Å²) in [6.45, 7) is 2.37. The van der Waals surface area contributed by atoms with Crippen LogP contribution in [0, 0.1) is 0 Å². The molecule has 2 aromatic rings. The number of benzene rings is 2. The zero-order valence-electron chi connectivity index (χ0n) is 12.2. The Hall–Kier alpha value is -2.54. The van der Waals surface area contributed by atoms with Crippen LogP contribution in [0.3, 0.4) is 0 Å². The number of ether oxygens (including phenoxy) is 1. The summed E-state index contributed by atoms with van der Waals surface area (Å²) >= 11 is 3.33. The first-order chi connectivity index (χ1) is 10.9. The van der Waals surface area contributed by atoms with E-state index in [-0.39, 0.29) is 5.56 Å². The zero-order valence-corrected chi connectivity index (χ0v) is 13.8. The minimum absolute atomic E-state index is 0.230. The van der Waals surface area contributed by atoms with Crippen molar-refractivity contribution in [2.24, 2.45) is 0 Å². The van der Waals surface area contributed by atoms with Crippen molar-refractivity contribution in [3.63, 3.8) is 0 Å². The number of carboxylic acids is 1. The molecule has 6 nitrogen and oxygen atoms in total. The van der Waals surface area contributed by atoms with E-state index >= 15 is 0 Å². The fourth-order valence-corrected chi connectivity index (χ4v) is 2.40. The number of phenols is 1. The van der Waals surface area contributed by atoms with Gasteiger partial charge in [0, 0.05) is 17.3 Å². The topological polar surface area (TPSA) is 95.9 Å². The molecule has 0 aliphatic rings. The average molecular weight is 380 g/mol. The van der Waals surface area contributed by atoms with Gasteiger partial charge in [-0.05, 0) is 53.2 Å². The molecule has 0 aliphatic heterocycles. The van der Waals surface area contributed by atoms with Crippen LogP contribution in [-0.4, -0.2) is 28.7 Å². The van der Waals surface area contributed by atoms with Crippen LogP contribution in [0.25, 0.3) is 0 Å². The smallest absolute Gasteiger partial charge is 0.339 e. The lowest BCUT2D eigenvalue weighted by atomic mass is 10.1. The number of amides is 1. The van der Waals surface area contributed by atoms with Gasteiger partial charge < -0.3 is 20.3 Å². The van der Waals surface area contributed by atoms with Crippen LogP contribution >= 0.6 is 15.9 Å². The molecule has 3 N–H and O–H groups in total. The van der Waals surface area contributed by atoms with Crippen LogP contribution in [0.2, 0.25) is 0 Å². The van der Waals surface area contributed by atoms with Gasteiger partial charge in [-0.3, -0.25) is 4.79 Å². The maximum Gasteiger partial charge on any atom is 0.339 e. The predicted molar refractivity (Wildman–Crippen MR) is 88.3 cm³/mol. The first-order valence-corrected chi connectivity index (χ1v) is 7.51. The third kappa shape index (κ3) is 4.01. The second-order valence-electron chi connectivity index (χ2n) is 4.57. The molecule has 0 heterocycles. The van der Waals surface area contributed by atoms with Gasteiger partial charge >= 0.3 is 5.97 Å². The summed E-state index contributed by atoms with van der Waals surface area (Å²) in [7, 11) is 0. The maximum absolute atomic E-state index is 12.2. The van der Waals surface area contributed by atoms with Crippen LogP contribution in [0.1, 0.15) is 27.6 Å². The molecule has 2 rings (SSSR count). The molecule has 7 heteroatoms. The molecular weight excluding hydrogens is 366 g/mol. The molecule has 0 spiro atoms. The van der Waals surface area contributed by atoms with Crippen LogP contribution in [-0.2, 0) is 0 Å². The Labute approximate surface area is 140 Å². The van der Waals surface area contributed by atoms with Gasteiger partial charge in [-0.1, -0.05) is 0 Å². The molecule has 1 amide bonds. The summed E-state index contributed by atoms with van der Waals surface area (Å²) in [4.78, 5) is 23.0. The highest BCUT2D eigenvalue weighted by molar-refractivity contribution is 9.10. The van der Waals surface area contributed by atoms with Crippen molar-refractivity contribution in [3.05, 3.63) is 52.0 Å². The van der Waals surface area contributed by atoms with Crippen LogP contribution in [0.15, 0.2) is 40.9 Å². The minimum atomic E-state index is -1.24. The van der Waals surface area contributed by atoms with Crippen LogP contribution in [0.5, 0.6) is 11.5 Å². The molecule has 0 aromatic heterocycles.